The van der Waals surface area contributed by atoms with Crippen molar-refractivity contribution in [1.29, 1.82) is 5.26 Å². The maximum Gasteiger partial charge on any atom is 0.239 e. The molecule has 0 saturated carbocycles. The summed E-state index contributed by atoms with van der Waals surface area (Å²) >= 11 is 0. The number of nitrogens with two attached hydrogens (primary N) is 1. The molecule has 0 radical (unpaired) electrons. The Morgan fingerprint density at radius 2 is 2.29 bits per heavy atom. The van der Waals surface area contributed by atoms with Crippen molar-refractivity contribution < 1.29 is 4.79 Å². The summed E-state index contributed by atoms with van der Waals surface area (Å²) in [6, 6.07) is 6.98. The van der Waals surface area contributed by atoms with Gasteiger partial charge in [-0.3, -0.25) is 4.79 Å². The molecule has 0 unspecified atom stereocenters. The first-order valence-electron chi connectivity index (χ1n) is 5.47. The van der Waals surface area contributed by atoms with Crippen LogP contribution in [0.4, 0.5) is 11.4 Å². The number of carbonyl (C=O) groups is 1. The lowest BCUT2D eigenvalue weighted by Crippen LogP contribution is -2.30. The van der Waals surface area contributed by atoms with Crippen molar-refractivity contribution in [3.05, 3.63) is 23.8 Å². The van der Waals surface area contributed by atoms with Crippen molar-refractivity contribution in [1.82, 2.24) is 5.32 Å². The third-order valence-electron chi connectivity index (χ3n) is 2.20. The van der Waals surface area contributed by atoms with Crippen LogP contribution in [0.25, 0.3) is 0 Å². The van der Waals surface area contributed by atoms with Gasteiger partial charge in [-0.15, -0.1) is 0 Å². The molecule has 5 heteroatoms. The molecule has 0 heterocycles. The molecule has 4 N–H and O–H groups in total. The minimum Gasteiger partial charge on any atom is -0.398 e. The van der Waals surface area contributed by atoms with E-state index < -0.39 is 0 Å². The van der Waals surface area contributed by atoms with E-state index >= 15 is 0 Å². The number of amides is 1. The molecule has 0 fully saturated rings. The molecule has 0 aromatic heterocycles. The number of hydrogen-bond donors (Lipinski definition) is 3. The van der Waals surface area contributed by atoms with Crippen molar-refractivity contribution >= 4 is 17.3 Å². The molecular weight excluding hydrogens is 216 g/mol. The van der Waals surface area contributed by atoms with Crippen LogP contribution in [0.15, 0.2) is 18.2 Å². The van der Waals surface area contributed by atoms with Crippen LogP contribution in [0.1, 0.15) is 18.9 Å². The highest BCUT2D eigenvalue weighted by Crippen LogP contribution is 2.16. The van der Waals surface area contributed by atoms with Crippen LogP contribution >= 0.6 is 0 Å². The summed E-state index contributed by atoms with van der Waals surface area (Å²) in [6.45, 7) is 2.87. The topological polar surface area (TPSA) is 90.9 Å². The molecule has 0 spiro atoms. The number of rotatable bonds is 5. The molecule has 90 valence electrons. The van der Waals surface area contributed by atoms with Gasteiger partial charge in [0.05, 0.1) is 17.8 Å². The third-order valence-corrected chi connectivity index (χ3v) is 2.20. The minimum absolute atomic E-state index is 0.0604. The van der Waals surface area contributed by atoms with E-state index in [1.165, 1.54) is 0 Å². The van der Waals surface area contributed by atoms with E-state index in [2.05, 4.69) is 10.6 Å². The van der Waals surface area contributed by atoms with E-state index in [-0.39, 0.29) is 12.5 Å². The van der Waals surface area contributed by atoms with Crippen molar-refractivity contribution in [3.63, 3.8) is 0 Å². The van der Waals surface area contributed by atoms with E-state index in [4.69, 9.17) is 11.0 Å². The van der Waals surface area contributed by atoms with Gasteiger partial charge >= 0.3 is 0 Å². The van der Waals surface area contributed by atoms with Crippen LogP contribution in [0.2, 0.25) is 0 Å². The number of hydrogen-bond acceptors (Lipinski definition) is 4. The summed E-state index contributed by atoms with van der Waals surface area (Å²) < 4.78 is 0. The quantitative estimate of drug-likeness (QED) is 0.662. The van der Waals surface area contributed by atoms with Crippen LogP contribution in [0.3, 0.4) is 0 Å². The summed E-state index contributed by atoms with van der Waals surface area (Å²) in [5.41, 5.74) is 7.23. The number of nitrogen functional groups attached to an aromatic ring is 1. The van der Waals surface area contributed by atoms with Gasteiger partial charge in [0.15, 0.2) is 0 Å². The predicted molar refractivity (Wildman–Crippen MR) is 67.4 cm³/mol. The molecule has 1 aromatic carbocycles. The Morgan fingerprint density at radius 1 is 1.53 bits per heavy atom. The second-order valence-corrected chi connectivity index (χ2v) is 3.62. The first-order valence-corrected chi connectivity index (χ1v) is 5.47. The smallest absolute Gasteiger partial charge is 0.239 e. The molecular formula is C12H16N4O. The first-order chi connectivity index (χ1) is 8.17. The van der Waals surface area contributed by atoms with Crippen molar-refractivity contribution in [3.8, 4) is 6.07 Å². The number of benzene rings is 1. The summed E-state index contributed by atoms with van der Waals surface area (Å²) in [5.74, 6) is -0.0604. The highest BCUT2D eigenvalue weighted by molar-refractivity contribution is 5.81. The van der Waals surface area contributed by atoms with Gasteiger partial charge in [0.2, 0.25) is 5.91 Å². The maximum atomic E-state index is 11.3. The Hall–Kier alpha value is -2.22. The molecule has 1 amide bonds. The predicted octanol–water partition coefficient (Wildman–Crippen LogP) is 1.08. The second kappa shape index (κ2) is 6.38. The summed E-state index contributed by atoms with van der Waals surface area (Å²) in [7, 11) is 0. The van der Waals surface area contributed by atoms with Crippen LogP contribution in [-0.4, -0.2) is 19.0 Å². The monoisotopic (exact) mass is 232 g/mol. The largest absolute Gasteiger partial charge is 0.398 e. The lowest BCUT2D eigenvalue weighted by atomic mass is 10.2. The number of nitrogens with zero attached hydrogens (tertiary/aromatic N) is 1. The molecule has 0 aliphatic carbocycles. The number of nitriles is 1. The average molecular weight is 232 g/mol. The van der Waals surface area contributed by atoms with E-state index in [1.807, 2.05) is 13.0 Å². The molecule has 1 rings (SSSR count). The summed E-state index contributed by atoms with van der Waals surface area (Å²) in [6.07, 6.45) is 0.912. The second-order valence-electron chi connectivity index (χ2n) is 3.62. The van der Waals surface area contributed by atoms with Gasteiger partial charge in [0.25, 0.3) is 0 Å². The fraction of sp³-hybridized carbons (Fsp3) is 0.333. The highest BCUT2D eigenvalue weighted by atomic mass is 16.1. The van der Waals surface area contributed by atoms with Gasteiger partial charge in [-0.1, -0.05) is 6.92 Å². The van der Waals surface area contributed by atoms with Crippen LogP contribution < -0.4 is 16.4 Å². The lowest BCUT2D eigenvalue weighted by molar-refractivity contribution is -0.119. The summed E-state index contributed by atoms with van der Waals surface area (Å²) in [4.78, 5) is 11.3. The van der Waals surface area contributed by atoms with Crippen LogP contribution in [0.5, 0.6) is 0 Å². The fourth-order valence-electron chi connectivity index (χ4n) is 1.28. The zero-order chi connectivity index (χ0) is 12.7. The Kier molecular flexibility index (Phi) is 4.82. The molecule has 0 atom stereocenters. The van der Waals surface area contributed by atoms with Crippen molar-refractivity contribution in [2.24, 2.45) is 0 Å². The Bertz CT molecular complexity index is 437. The first kappa shape index (κ1) is 12.8. The van der Waals surface area contributed by atoms with Crippen molar-refractivity contribution in [2.75, 3.05) is 24.1 Å². The Labute approximate surface area is 101 Å². The Morgan fingerprint density at radius 3 is 2.88 bits per heavy atom. The van der Waals surface area contributed by atoms with Crippen LogP contribution in [-0.2, 0) is 4.79 Å². The zero-order valence-corrected chi connectivity index (χ0v) is 9.79. The fourth-order valence-corrected chi connectivity index (χ4v) is 1.28. The molecule has 0 aliphatic rings. The number of anilines is 2. The lowest BCUT2D eigenvalue weighted by Gasteiger charge is -2.08. The van der Waals surface area contributed by atoms with Crippen LogP contribution in [0, 0.1) is 11.3 Å². The Balaban J connectivity index is 2.50. The number of nitrogens with one attached hydrogen (secondary N) is 2. The average Bonchev–Trinajstić information content (AvgIpc) is 2.34. The minimum atomic E-state index is -0.0604. The van der Waals surface area contributed by atoms with E-state index in [0.29, 0.717) is 17.8 Å². The van der Waals surface area contributed by atoms with Gasteiger partial charge in [-0.05, 0) is 24.6 Å². The van der Waals surface area contributed by atoms with Gasteiger partial charge in [-0.25, -0.2) is 0 Å². The molecule has 0 saturated heterocycles. The van der Waals surface area contributed by atoms with Gasteiger partial charge in [0, 0.05) is 12.2 Å². The SMILES string of the molecule is CCCNC(=O)CNc1ccc(C#N)c(N)c1. The van der Waals surface area contributed by atoms with Gasteiger partial charge in [0.1, 0.15) is 6.07 Å². The zero-order valence-electron chi connectivity index (χ0n) is 9.79. The number of carbonyl (C=O) groups excluding carboxylic acids is 1. The van der Waals surface area contributed by atoms with E-state index in [9.17, 15) is 4.79 Å². The molecule has 1 aromatic rings. The van der Waals surface area contributed by atoms with E-state index in [0.717, 1.165) is 12.1 Å². The normalized spacial score (nSPS) is 9.41. The van der Waals surface area contributed by atoms with Crippen molar-refractivity contribution in [2.45, 2.75) is 13.3 Å². The summed E-state index contributed by atoms with van der Waals surface area (Å²) in [5, 5.41) is 14.4. The molecule has 5 nitrogen and oxygen atoms in total. The van der Waals surface area contributed by atoms with E-state index in [1.54, 1.807) is 18.2 Å². The molecule has 17 heavy (non-hydrogen) atoms. The van der Waals surface area contributed by atoms with Gasteiger partial charge in [-0.2, -0.15) is 5.26 Å². The third kappa shape index (κ3) is 4.03. The maximum absolute atomic E-state index is 11.3. The highest BCUT2D eigenvalue weighted by Gasteiger charge is 2.02. The standard InChI is InChI=1S/C12H16N4O/c1-2-5-15-12(17)8-16-10-4-3-9(7-13)11(14)6-10/h3-4,6,16H,2,5,8,14H2,1H3,(H,15,17). The molecule has 0 bridgehead atoms. The van der Waals surface area contributed by atoms with Gasteiger partial charge < -0.3 is 16.4 Å². The molecule has 0 aliphatic heterocycles.